The van der Waals surface area contributed by atoms with E-state index in [4.69, 9.17) is 16.3 Å². The number of nitrogens with zero attached hydrogens (tertiary/aromatic N) is 2. The number of anilines is 1. The van der Waals surface area contributed by atoms with Gasteiger partial charge in [0.2, 0.25) is 10.0 Å². The third-order valence-corrected chi connectivity index (χ3v) is 7.11. The molecule has 1 amide bonds. The lowest BCUT2D eigenvalue weighted by Crippen LogP contribution is -2.39. The van der Waals surface area contributed by atoms with Crippen LogP contribution in [-0.2, 0) is 21.0 Å². The first-order valence-corrected chi connectivity index (χ1v) is 12.8. The summed E-state index contributed by atoms with van der Waals surface area (Å²) in [5.41, 5.74) is 1.25. The van der Waals surface area contributed by atoms with E-state index in [1.54, 1.807) is 36.0 Å². The Bertz CT molecular complexity index is 1140. The molecule has 178 valence electrons. The van der Waals surface area contributed by atoms with Crippen LogP contribution in [0.5, 0.6) is 5.75 Å². The topological polar surface area (TPSA) is 88.1 Å². The third kappa shape index (κ3) is 7.02. The van der Waals surface area contributed by atoms with E-state index >= 15 is 0 Å². The highest BCUT2D eigenvalue weighted by molar-refractivity contribution is 8.00. The summed E-state index contributed by atoms with van der Waals surface area (Å²) in [6.07, 6.45) is -2.47. The number of thioether (sulfide) groups is 1. The molecule has 0 saturated carbocycles. The number of halogens is 4. The molecule has 0 aromatic heterocycles. The van der Waals surface area contributed by atoms with Gasteiger partial charge in [0.05, 0.1) is 28.7 Å². The second-order valence-electron chi connectivity index (χ2n) is 7.07. The number of amides is 1. The van der Waals surface area contributed by atoms with Gasteiger partial charge in [0.1, 0.15) is 18.4 Å². The summed E-state index contributed by atoms with van der Waals surface area (Å²) in [6.45, 7) is -0.777. The van der Waals surface area contributed by atoms with E-state index in [2.05, 4.69) is 10.5 Å². The van der Waals surface area contributed by atoms with Crippen LogP contribution in [0.1, 0.15) is 11.1 Å². The van der Waals surface area contributed by atoms with Crippen molar-refractivity contribution in [2.75, 3.05) is 28.6 Å². The van der Waals surface area contributed by atoms with Crippen molar-refractivity contribution in [2.45, 2.75) is 12.3 Å². The summed E-state index contributed by atoms with van der Waals surface area (Å²) < 4.78 is 69.9. The van der Waals surface area contributed by atoms with Crippen molar-refractivity contribution < 1.29 is 31.1 Å². The van der Waals surface area contributed by atoms with Crippen LogP contribution in [0.25, 0.3) is 0 Å². The van der Waals surface area contributed by atoms with Gasteiger partial charge in [-0.2, -0.15) is 30.0 Å². The Morgan fingerprint density at radius 3 is 2.48 bits per heavy atom. The fraction of sp³-hybridized carbons (Fsp3) is 0.300. The van der Waals surface area contributed by atoms with Crippen molar-refractivity contribution in [1.82, 2.24) is 5.43 Å². The predicted molar refractivity (Wildman–Crippen MR) is 123 cm³/mol. The minimum Gasteiger partial charge on any atom is -0.489 e. The average molecular weight is 522 g/mol. The van der Waals surface area contributed by atoms with Crippen LogP contribution in [0.15, 0.2) is 47.6 Å². The Balaban J connectivity index is 1.65. The number of benzene rings is 2. The number of carbonyl (C=O) groups excluding carboxylic acids is 1. The highest BCUT2D eigenvalue weighted by Crippen LogP contribution is 2.37. The number of hydrazone groups is 1. The Morgan fingerprint density at radius 2 is 1.94 bits per heavy atom. The average Bonchev–Trinajstić information content (AvgIpc) is 2.69. The second-order valence-corrected chi connectivity index (χ2v) is 10.5. The molecule has 1 aliphatic heterocycles. The SMILES string of the molecule is CS(=O)(=O)N(CC(=O)N/N=C\c1ccc(OC2CSC2)cc1)c1ccc(Cl)c(C(F)(F)F)c1. The fourth-order valence-corrected chi connectivity index (χ4v) is 4.37. The largest absolute Gasteiger partial charge is 0.489 e. The Hall–Kier alpha value is -2.44. The Morgan fingerprint density at radius 1 is 1.27 bits per heavy atom. The molecule has 1 saturated heterocycles. The van der Waals surface area contributed by atoms with Crippen LogP contribution in [-0.4, -0.2) is 50.9 Å². The van der Waals surface area contributed by atoms with E-state index in [1.165, 1.54) is 6.21 Å². The summed E-state index contributed by atoms with van der Waals surface area (Å²) in [6, 6.07) is 9.56. The second kappa shape index (κ2) is 10.2. The van der Waals surface area contributed by atoms with E-state index in [1.807, 2.05) is 0 Å². The highest BCUT2D eigenvalue weighted by Gasteiger charge is 2.34. The molecule has 0 bridgehead atoms. The molecule has 3 rings (SSSR count). The normalized spacial score (nSPS) is 14.7. The molecular formula is C20H19ClF3N3O4S2. The van der Waals surface area contributed by atoms with Crippen molar-refractivity contribution >= 4 is 51.2 Å². The first kappa shape index (κ1) is 25.2. The zero-order valence-corrected chi connectivity index (χ0v) is 19.6. The van der Waals surface area contributed by atoms with E-state index in [0.29, 0.717) is 21.7 Å². The number of rotatable bonds is 8. The number of alkyl halides is 3. The minimum absolute atomic E-state index is 0.208. The van der Waals surface area contributed by atoms with Crippen LogP contribution in [0.4, 0.5) is 18.9 Å². The molecule has 13 heteroatoms. The number of sulfonamides is 1. The maximum absolute atomic E-state index is 13.1. The molecule has 0 atom stereocenters. The van der Waals surface area contributed by atoms with Crippen molar-refractivity contribution in [1.29, 1.82) is 0 Å². The van der Waals surface area contributed by atoms with Crippen LogP contribution in [0, 0.1) is 0 Å². The zero-order valence-electron chi connectivity index (χ0n) is 17.2. The summed E-state index contributed by atoms with van der Waals surface area (Å²) in [4.78, 5) is 12.2. The van der Waals surface area contributed by atoms with Crippen molar-refractivity contribution in [3.8, 4) is 5.75 Å². The monoisotopic (exact) mass is 521 g/mol. The molecule has 0 radical (unpaired) electrons. The summed E-state index contributed by atoms with van der Waals surface area (Å²) in [7, 11) is -4.08. The summed E-state index contributed by atoms with van der Waals surface area (Å²) >= 11 is 7.39. The van der Waals surface area contributed by atoms with Crippen LogP contribution < -0.4 is 14.5 Å². The van der Waals surface area contributed by atoms with E-state index in [9.17, 15) is 26.4 Å². The summed E-state index contributed by atoms with van der Waals surface area (Å²) in [5, 5.41) is 3.18. The first-order chi connectivity index (χ1) is 15.4. The lowest BCUT2D eigenvalue weighted by Gasteiger charge is -2.25. The van der Waals surface area contributed by atoms with Crippen LogP contribution >= 0.6 is 23.4 Å². The van der Waals surface area contributed by atoms with Gasteiger partial charge < -0.3 is 4.74 Å². The van der Waals surface area contributed by atoms with Crippen LogP contribution in [0.2, 0.25) is 5.02 Å². The molecule has 7 nitrogen and oxygen atoms in total. The van der Waals surface area contributed by atoms with Gasteiger partial charge in [0.25, 0.3) is 5.91 Å². The van der Waals surface area contributed by atoms with Crippen LogP contribution in [0.3, 0.4) is 0 Å². The van der Waals surface area contributed by atoms with Gasteiger partial charge in [-0.1, -0.05) is 11.6 Å². The molecule has 1 N–H and O–H groups in total. The van der Waals surface area contributed by atoms with Gasteiger partial charge in [0, 0.05) is 11.5 Å². The number of ether oxygens (including phenoxy) is 1. The van der Waals surface area contributed by atoms with Gasteiger partial charge in [0.15, 0.2) is 0 Å². The van der Waals surface area contributed by atoms with Gasteiger partial charge in [-0.15, -0.1) is 0 Å². The molecular weight excluding hydrogens is 503 g/mol. The number of nitrogens with one attached hydrogen (secondary N) is 1. The van der Waals surface area contributed by atoms with Gasteiger partial charge in [-0.3, -0.25) is 9.10 Å². The van der Waals surface area contributed by atoms with Crippen molar-refractivity contribution in [2.24, 2.45) is 5.10 Å². The van der Waals surface area contributed by atoms with Crippen molar-refractivity contribution in [3.63, 3.8) is 0 Å². The van der Waals surface area contributed by atoms with Gasteiger partial charge in [-0.25, -0.2) is 13.8 Å². The molecule has 0 spiro atoms. The predicted octanol–water partition coefficient (Wildman–Crippen LogP) is 3.77. The molecule has 1 fully saturated rings. The van der Waals surface area contributed by atoms with E-state index in [0.717, 1.165) is 29.9 Å². The van der Waals surface area contributed by atoms with Gasteiger partial charge >= 0.3 is 6.18 Å². The molecule has 0 unspecified atom stereocenters. The molecule has 1 heterocycles. The fourth-order valence-electron chi connectivity index (χ4n) is 2.74. The van der Waals surface area contributed by atoms with Gasteiger partial charge in [-0.05, 0) is 48.0 Å². The maximum Gasteiger partial charge on any atom is 0.417 e. The Kier molecular flexibility index (Phi) is 7.80. The van der Waals surface area contributed by atoms with E-state index < -0.39 is 39.2 Å². The van der Waals surface area contributed by atoms with Crippen molar-refractivity contribution in [3.05, 3.63) is 58.6 Å². The molecule has 2 aromatic carbocycles. The maximum atomic E-state index is 13.1. The molecule has 2 aromatic rings. The Labute approximate surface area is 198 Å². The smallest absolute Gasteiger partial charge is 0.417 e. The zero-order chi connectivity index (χ0) is 24.2. The number of hydrogen-bond donors (Lipinski definition) is 1. The standard InChI is InChI=1S/C20H19ClF3N3O4S2/c1-33(29,30)27(14-4-7-18(21)17(8-14)20(22,23)24)10-19(28)26-25-9-13-2-5-15(6-3-13)31-16-11-32-12-16/h2-9,16H,10-12H2,1H3,(H,26,28)/b25-9-. The molecule has 33 heavy (non-hydrogen) atoms. The number of carbonyl (C=O) groups is 1. The first-order valence-electron chi connectivity index (χ1n) is 9.44. The quantitative estimate of drug-likeness (QED) is 0.422. The minimum atomic E-state index is -4.79. The summed E-state index contributed by atoms with van der Waals surface area (Å²) in [5.74, 6) is 1.77. The molecule has 0 aliphatic carbocycles. The third-order valence-electron chi connectivity index (χ3n) is 4.42. The van der Waals surface area contributed by atoms with E-state index in [-0.39, 0.29) is 11.8 Å². The lowest BCUT2D eigenvalue weighted by atomic mass is 10.2. The highest BCUT2D eigenvalue weighted by atomic mass is 35.5. The lowest BCUT2D eigenvalue weighted by molar-refractivity contribution is -0.137. The molecule has 1 aliphatic rings. The number of hydrogen-bond acceptors (Lipinski definition) is 6.